The third-order valence-corrected chi connectivity index (χ3v) is 3.88. The van der Waals surface area contributed by atoms with Crippen LogP contribution in [-0.4, -0.2) is 25.7 Å². The van der Waals surface area contributed by atoms with Crippen molar-refractivity contribution >= 4 is 35.6 Å². The zero-order chi connectivity index (χ0) is 16.4. The second-order valence-electron chi connectivity index (χ2n) is 4.99. The van der Waals surface area contributed by atoms with E-state index in [4.69, 9.17) is 32.7 Å². The van der Waals surface area contributed by atoms with Gasteiger partial charge in [-0.25, -0.2) is 0 Å². The lowest BCUT2D eigenvalue weighted by Gasteiger charge is -2.21. The van der Waals surface area contributed by atoms with Gasteiger partial charge in [0.1, 0.15) is 6.10 Å². The van der Waals surface area contributed by atoms with E-state index in [9.17, 15) is 4.79 Å². The van der Waals surface area contributed by atoms with Gasteiger partial charge in [-0.05, 0) is 43.4 Å². The van der Waals surface area contributed by atoms with Crippen LogP contribution >= 0.6 is 23.2 Å². The van der Waals surface area contributed by atoms with Crippen LogP contribution in [-0.2, 0) is 25.5 Å². The molecule has 0 unspecified atom stereocenters. The maximum absolute atomic E-state index is 11.8. The smallest absolute Gasteiger partial charge is 0.310 e. The fourth-order valence-electron chi connectivity index (χ4n) is 2.23. The molecule has 0 N–H and O–H groups in total. The fraction of sp³-hybridized carbons (Fsp3) is 0.500. The molecule has 0 radical (unpaired) electrons. The fourth-order valence-corrected chi connectivity index (χ4v) is 2.71. The molecule has 1 aliphatic rings. The van der Waals surface area contributed by atoms with Crippen LogP contribution in [0.2, 0.25) is 10.0 Å². The first-order valence-electron chi connectivity index (χ1n) is 7.16. The van der Waals surface area contributed by atoms with Gasteiger partial charge in [0, 0.05) is 10.0 Å². The van der Waals surface area contributed by atoms with E-state index in [0.29, 0.717) is 16.5 Å². The van der Waals surface area contributed by atoms with Crippen molar-refractivity contribution in [3.05, 3.63) is 33.8 Å². The van der Waals surface area contributed by atoms with Gasteiger partial charge >= 0.3 is 5.97 Å². The highest BCUT2D eigenvalue weighted by Gasteiger charge is 2.18. The van der Waals surface area contributed by atoms with Crippen molar-refractivity contribution in [3.8, 4) is 0 Å². The van der Waals surface area contributed by atoms with Crippen molar-refractivity contribution in [2.24, 2.45) is 0 Å². The Balaban J connectivity index is 0.000000541. The number of methoxy groups -OCH3 is 1. The van der Waals surface area contributed by atoms with Gasteiger partial charge < -0.3 is 9.47 Å². The highest BCUT2D eigenvalue weighted by atomic mass is 35.5. The minimum absolute atomic E-state index is 0.0947. The third-order valence-electron chi connectivity index (χ3n) is 3.30. The van der Waals surface area contributed by atoms with E-state index in [2.05, 4.69) is 4.74 Å². The van der Waals surface area contributed by atoms with E-state index >= 15 is 0 Å². The molecule has 0 aliphatic heterocycles. The molecule has 122 valence electrons. The number of halogens is 2. The Hall–Kier alpha value is -1.26. The Morgan fingerprint density at radius 1 is 1.27 bits per heavy atom. The van der Waals surface area contributed by atoms with E-state index in [-0.39, 0.29) is 18.5 Å². The summed E-state index contributed by atoms with van der Waals surface area (Å²) in [6.07, 6.45) is 5.83. The standard InChI is InChI=1S/C14H16Cl2O2.C2H4O2/c15-11-7-6-10(13(16)9-11)8-14(17)18-12-4-2-1-3-5-12;1-4-2-3/h6-7,9,12H,1-5,8H2;2H,1H3. The molecule has 0 atom stereocenters. The Kier molecular flexibility index (Phi) is 8.94. The molecule has 1 aromatic rings. The molecule has 0 amide bonds. The summed E-state index contributed by atoms with van der Waals surface area (Å²) >= 11 is 11.8. The summed E-state index contributed by atoms with van der Waals surface area (Å²) < 4.78 is 9.31. The van der Waals surface area contributed by atoms with Gasteiger partial charge in [-0.1, -0.05) is 35.7 Å². The van der Waals surface area contributed by atoms with Crippen LogP contribution in [0, 0.1) is 0 Å². The number of ether oxygens (including phenoxy) is 2. The summed E-state index contributed by atoms with van der Waals surface area (Å²) in [5.74, 6) is -0.203. The van der Waals surface area contributed by atoms with Crippen molar-refractivity contribution in [3.63, 3.8) is 0 Å². The van der Waals surface area contributed by atoms with Gasteiger partial charge in [-0.15, -0.1) is 0 Å². The number of carbonyl (C=O) groups excluding carboxylic acids is 2. The predicted octanol–water partition coefficient (Wildman–Crippen LogP) is 4.20. The average molecular weight is 347 g/mol. The molecular formula is C16H20Cl2O4. The zero-order valence-electron chi connectivity index (χ0n) is 12.5. The number of benzene rings is 1. The normalized spacial score (nSPS) is 14.5. The first-order valence-corrected chi connectivity index (χ1v) is 7.92. The zero-order valence-corrected chi connectivity index (χ0v) is 14.0. The Morgan fingerprint density at radius 2 is 1.91 bits per heavy atom. The molecule has 0 spiro atoms. The minimum atomic E-state index is -0.203. The largest absolute Gasteiger partial charge is 0.471 e. The van der Waals surface area contributed by atoms with E-state index in [1.807, 2.05) is 0 Å². The van der Waals surface area contributed by atoms with Gasteiger partial charge in [0.15, 0.2) is 0 Å². The molecule has 2 rings (SSSR count). The maximum Gasteiger partial charge on any atom is 0.310 e. The first-order chi connectivity index (χ1) is 10.6. The maximum atomic E-state index is 11.8. The molecule has 0 heterocycles. The van der Waals surface area contributed by atoms with E-state index in [1.165, 1.54) is 13.5 Å². The highest BCUT2D eigenvalue weighted by molar-refractivity contribution is 6.35. The molecule has 1 saturated carbocycles. The van der Waals surface area contributed by atoms with Crippen molar-refractivity contribution in [2.75, 3.05) is 7.11 Å². The van der Waals surface area contributed by atoms with E-state index < -0.39 is 0 Å². The average Bonchev–Trinajstić information content (AvgIpc) is 2.51. The van der Waals surface area contributed by atoms with Crippen LogP contribution < -0.4 is 0 Å². The molecule has 1 aromatic carbocycles. The van der Waals surface area contributed by atoms with E-state index in [0.717, 1.165) is 31.2 Å². The van der Waals surface area contributed by atoms with Gasteiger partial charge in [0.25, 0.3) is 6.47 Å². The van der Waals surface area contributed by atoms with Gasteiger partial charge in [-0.2, -0.15) is 0 Å². The molecule has 4 nitrogen and oxygen atoms in total. The van der Waals surface area contributed by atoms with Gasteiger partial charge in [-0.3, -0.25) is 9.59 Å². The molecule has 1 fully saturated rings. The number of esters is 1. The van der Waals surface area contributed by atoms with Crippen LogP contribution in [0.3, 0.4) is 0 Å². The summed E-state index contributed by atoms with van der Waals surface area (Å²) in [7, 11) is 1.31. The van der Waals surface area contributed by atoms with Crippen molar-refractivity contribution in [1.82, 2.24) is 0 Å². The number of carbonyl (C=O) groups is 2. The number of rotatable bonds is 4. The predicted molar refractivity (Wildman–Crippen MR) is 86.2 cm³/mol. The highest BCUT2D eigenvalue weighted by Crippen LogP contribution is 2.23. The van der Waals surface area contributed by atoms with Crippen molar-refractivity contribution in [1.29, 1.82) is 0 Å². The lowest BCUT2D eigenvalue weighted by atomic mass is 9.98. The molecule has 1 aliphatic carbocycles. The van der Waals surface area contributed by atoms with Gasteiger partial charge in [0.05, 0.1) is 13.5 Å². The Labute approximate surface area is 140 Å². The van der Waals surface area contributed by atoms with Crippen molar-refractivity contribution < 1.29 is 19.1 Å². The van der Waals surface area contributed by atoms with Crippen LogP contribution in [0.25, 0.3) is 0 Å². The molecule has 22 heavy (non-hydrogen) atoms. The summed E-state index contributed by atoms with van der Waals surface area (Å²) in [6.45, 7) is 0.375. The number of hydrogen-bond donors (Lipinski definition) is 0. The first kappa shape index (κ1) is 18.8. The SMILES string of the molecule is COC=O.O=C(Cc1ccc(Cl)cc1Cl)OC1CCCCC1. The van der Waals surface area contributed by atoms with Gasteiger partial charge in [0.2, 0.25) is 0 Å². The quantitative estimate of drug-likeness (QED) is 0.605. The molecule has 0 saturated heterocycles. The second-order valence-corrected chi connectivity index (χ2v) is 5.84. The van der Waals surface area contributed by atoms with Crippen LogP contribution in [0.1, 0.15) is 37.7 Å². The molecule has 0 bridgehead atoms. The monoisotopic (exact) mass is 346 g/mol. The summed E-state index contributed by atoms with van der Waals surface area (Å²) in [6, 6.07) is 5.15. The second kappa shape index (κ2) is 10.5. The molecule has 6 heteroatoms. The van der Waals surface area contributed by atoms with E-state index in [1.54, 1.807) is 18.2 Å². The molecule has 0 aromatic heterocycles. The summed E-state index contributed by atoms with van der Waals surface area (Å²) in [5, 5.41) is 1.09. The van der Waals surface area contributed by atoms with Crippen LogP contribution in [0.15, 0.2) is 18.2 Å². The summed E-state index contributed by atoms with van der Waals surface area (Å²) in [5.41, 5.74) is 0.766. The lowest BCUT2D eigenvalue weighted by Crippen LogP contribution is -2.22. The topological polar surface area (TPSA) is 52.6 Å². The van der Waals surface area contributed by atoms with Crippen molar-refractivity contribution in [2.45, 2.75) is 44.6 Å². The third kappa shape index (κ3) is 7.14. The summed E-state index contributed by atoms with van der Waals surface area (Å²) in [4.78, 5) is 20.8. The lowest BCUT2D eigenvalue weighted by molar-refractivity contribution is -0.149. The van der Waals surface area contributed by atoms with Crippen LogP contribution in [0.4, 0.5) is 0 Å². The molecular weight excluding hydrogens is 327 g/mol. The Bertz CT molecular complexity index is 485. The number of hydrogen-bond acceptors (Lipinski definition) is 4. The minimum Gasteiger partial charge on any atom is -0.471 e. The van der Waals surface area contributed by atoms with Crippen LogP contribution in [0.5, 0.6) is 0 Å². The Morgan fingerprint density at radius 3 is 2.45 bits per heavy atom.